The van der Waals surface area contributed by atoms with Gasteiger partial charge in [-0.15, -0.1) is 0 Å². The lowest BCUT2D eigenvalue weighted by Gasteiger charge is -2.36. The number of sulfonamides is 1. The van der Waals surface area contributed by atoms with E-state index in [0.29, 0.717) is 38.4 Å². The Morgan fingerprint density at radius 3 is 2.53 bits per heavy atom. The van der Waals surface area contributed by atoms with E-state index in [4.69, 9.17) is 4.74 Å². The van der Waals surface area contributed by atoms with Crippen LogP contribution in [0.2, 0.25) is 0 Å². The van der Waals surface area contributed by atoms with Crippen LogP contribution < -0.4 is 10.6 Å². The van der Waals surface area contributed by atoms with Crippen molar-refractivity contribution >= 4 is 33.6 Å². The van der Waals surface area contributed by atoms with Crippen molar-refractivity contribution in [1.82, 2.24) is 14.5 Å². The second-order valence-corrected chi connectivity index (χ2v) is 10.5. The average Bonchev–Trinajstić information content (AvgIpc) is 3.01. The minimum absolute atomic E-state index is 0.0155. The van der Waals surface area contributed by atoms with Gasteiger partial charge in [-0.05, 0) is 43.0 Å². The molecule has 0 unspecified atom stereocenters. The third kappa shape index (κ3) is 4.12. The molecule has 1 aliphatic carbocycles. The molecule has 4 amide bonds. The number of nitrogens with zero attached hydrogens (tertiary/aromatic N) is 2. The predicted octanol–water partition coefficient (Wildman–Crippen LogP) is 1.15. The van der Waals surface area contributed by atoms with Crippen LogP contribution in [0, 0.1) is 5.92 Å². The Balaban J connectivity index is 1.39. The highest BCUT2D eigenvalue weighted by atomic mass is 32.2. The van der Waals surface area contributed by atoms with E-state index in [9.17, 15) is 22.8 Å². The zero-order valence-electron chi connectivity index (χ0n) is 18.0. The van der Waals surface area contributed by atoms with Gasteiger partial charge in [0.25, 0.3) is 5.91 Å². The van der Waals surface area contributed by atoms with E-state index in [2.05, 4.69) is 10.6 Å². The van der Waals surface area contributed by atoms with Crippen molar-refractivity contribution in [2.45, 2.75) is 43.0 Å². The van der Waals surface area contributed by atoms with Gasteiger partial charge in [-0.25, -0.2) is 13.2 Å². The number of ether oxygens (including phenoxy) is 1. The van der Waals surface area contributed by atoms with Crippen LogP contribution in [0.25, 0.3) is 0 Å². The van der Waals surface area contributed by atoms with Gasteiger partial charge in [0.2, 0.25) is 15.9 Å². The fourth-order valence-corrected chi connectivity index (χ4v) is 6.04. The Bertz CT molecular complexity index is 1010. The zero-order chi connectivity index (χ0) is 22.9. The zero-order valence-corrected chi connectivity index (χ0v) is 18.8. The minimum atomic E-state index is -3.63. The summed E-state index contributed by atoms with van der Waals surface area (Å²) in [5.74, 6) is -0.865. The van der Waals surface area contributed by atoms with Gasteiger partial charge in [0, 0.05) is 18.8 Å². The third-order valence-electron chi connectivity index (χ3n) is 6.55. The summed E-state index contributed by atoms with van der Waals surface area (Å²) >= 11 is 0. The van der Waals surface area contributed by atoms with Crippen LogP contribution in [-0.4, -0.2) is 73.9 Å². The fourth-order valence-electron chi connectivity index (χ4n) is 4.63. The number of morpholine rings is 1. The largest absolute Gasteiger partial charge is 0.379 e. The van der Waals surface area contributed by atoms with Gasteiger partial charge in [-0.3, -0.25) is 14.5 Å². The molecule has 4 rings (SSSR count). The molecule has 2 saturated heterocycles. The summed E-state index contributed by atoms with van der Waals surface area (Å²) in [4.78, 5) is 39.0. The van der Waals surface area contributed by atoms with Gasteiger partial charge in [-0.2, -0.15) is 4.31 Å². The van der Waals surface area contributed by atoms with Crippen LogP contribution in [0.3, 0.4) is 0 Å². The van der Waals surface area contributed by atoms with Crippen molar-refractivity contribution in [3.8, 4) is 0 Å². The molecule has 10 nitrogen and oxygen atoms in total. The Morgan fingerprint density at radius 2 is 1.88 bits per heavy atom. The lowest BCUT2D eigenvalue weighted by molar-refractivity contribution is -0.136. The highest BCUT2D eigenvalue weighted by Crippen LogP contribution is 2.38. The molecule has 0 radical (unpaired) electrons. The van der Waals surface area contributed by atoms with Gasteiger partial charge in [0.15, 0.2) is 0 Å². The molecule has 1 aromatic carbocycles. The molecule has 32 heavy (non-hydrogen) atoms. The number of urea groups is 1. The number of hydrogen-bond acceptors (Lipinski definition) is 6. The number of anilines is 1. The van der Waals surface area contributed by atoms with Crippen LogP contribution in [-0.2, 0) is 24.3 Å². The maximum absolute atomic E-state index is 13.0. The van der Waals surface area contributed by atoms with Crippen molar-refractivity contribution < 1.29 is 27.5 Å². The number of carbonyl (C=O) groups is 3. The number of amides is 4. The Labute approximate surface area is 187 Å². The monoisotopic (exact) mass is 464 g/mol. The topological polar surface area (TPSA) is 125 Å². The number of benzene rings is 1. The highest BCUT2D eigenvalue weighted by molar-refractivity contribution is 7.89. The predicted molar refractivity (Wildman–Crippen MR) is 115 cm³/mol. The smallest absolute Gasteiger partial charge is 0.325 e. The Hall–Kier alpha value is -2.50. The molecule has 2 aliphatic heterocycles. The summed E-state index contributed by atoms with van der Waals surface area (Å²) in [5, 5.41) is 5.45. The van der Waals surface area contributed by atoms with E-state index in [0.717, 1.165) is 24.2 Å². The molecule has 11 heteroatoms. The van der Waals surface area contributed by atoms with Gasteiger partial charge < -0.3 is 15.4 Å². The SMILES string of the molecule is C[C@H]1CCCC[C@@]12NC(=O)N(CC(=O)Nc1ccc(S(=O)(=O)N3CCOCC3)cc1)C2=O. The summed E-state index contributed by atoms with van der Waals surface area (Å²) in [6.45, 7) is 2.87. The molecule has 174 valence electrons. The summed E-state index contributed by atoms with van der Waals surface area (Å²) in [7, 11) is -3.63. The molecule has 2 heterocycles. The summed E-state index contributed by atoms with van der Waals surface area (Å²) in [5.41, 5.74) is -0.533. The third-order valence-corrected chi connectivity index (χ3v) is 8.46. The maximum atomic E-state index is 13.0. The van der Waals surface area contributed by atoms with Gasteiger partial charge in [-0.1, -0.05) is 19.8 Å². The lowest BCUT2D eigenvalue weighted by atomic mass is 9.73. The van der Waals surface area contributed by atoms with Crippen LogP contribution in [0.5, 0.6) is 0 Å². The molecule has 2 N–H and O–H groups in total. The van der Waals surface area contributed by atoms with Gasteiger partial charge >= 0.3 is 6.03 Å². The van der Waals surface area contributed by atoms with Crippen LogP contribution >= 0.6 is 0 Å². The quantitative estimate of drug-likeness (QED) is 0.630. The molecule has 3 fully saturated rings. The molecule has 2 atom stereocenters. The van der Waals surface area contributed by atoms with E-state index >= 15 is 0 Å². The Kier molecular flexibility index (Phi) is 6.24. The molecule has 1 spiro atoms. The first-order valence-electron chi connectivity index (χ1n) is 10.9. The number of rotatable bonds is 5. The van der Waals surface area contributed by atoms with E-state index in [1.54, 1.807) is 0 Å². The van der Waals surface area contributed by atoms with Gasteiger partial charge in [0.1, 0.15) is 12.1 Å². The van der Waals surface area contributed by atoms with Crippen molar-refractivity contribution in [3.05, 3.63) is 24.3 Å². The highest BCUT2D eigenvalue weighted by Gasteiger charge is 2.55. The number of carbonyl (C=O) groups excluding carboxylic acids is 3. The summed E-state index contributed by atoms with van der Waals surface area (Å²) < 4.78 is 31.9. The number of imide groups is 1. The van der Waals surface area contributed by atoms with Crippen LogP contribution in [0.4, 0.5) is 10.5 Å². The molecule has 1 aromatic rings. The Morgan fingerprint density at radius 1 is 1.19 bits per heavy atom. The van der Waals surface area contributed by atoms with E-state index < -0.39 is 34.0 Å². The van der Waals surface area contributed by atoms with E-state index in [1.807, 2.05) is 6.92 Å². The first-order valence-corrected chi connectivity index (χ1v) is 12.3. The molecule has 0 aromatic heterocycles. The second-order valence-electron chi connectivity index (χ2n) is 8.53. The lowest BCUT2D eigenvalue weighted by Crippen LogP contribution is -2.54. The van der Waals surface area contributed by atoms with E-state index in [-0.39, 0.29) is 16.7 Å². The first kappa shape index (κ1) is 22.7. The number of hydrogen-bond donors (Lipinski definition) is 2. The molecular formula is C21H28N4O6S. The van der Waals surface area contributed by atoms with Crippen molar-refractivity contribution in [2.24, 2.45) is 5.92 Å². The second kappa shape index (κ2) is 8.80. The summed E-state index contributed by atoms with van der Waals surface area (Å²) in [6, 6.07) is 5.27. The number of nitrogens with one attached hydrogen (secondary N) is 2. The van der Waals surface area contributed by atoms with Crippen molar-refractivity contribution in [3.63, 3.8) is 0 Å². The molecule has 1 saturated carbocycles. The van der Waals surface area contributed by atoms with Crippen molar-refractivity contribution in [1.29, 1.82) is 0 Å². The van der Waals surface area contributed by atoms with Crippen LogP contribution in [0.1, 0.15) is 32.6 Å². The normalized spacial score (nSPS) is 26.9. The average molecular weight is 465 g/mol. The molecule has 3 aliphatic rings. The maximum Gasteiger partial charge on any atom is 0.325 e. The first-order chi connectivity index (χ1) is 15.2. The standard InChI is InChI=1S/C21H28N4O6S/c1-15-4-2-3-9-21(15)19(27)25(20(28)23-21)14-18(26)22-16-5-7-17(8-6-16)32(29,30)24-10-12-31-13-11-24/h5-8,15H,2-4,9-14H2,1H3,(H,22,26)(H,23,28)/t15-,21+/m0/s1. The minimum Gasteiger partial charge on any atom is -0.379 e. The molecule has 0 bridgehead atoms. The van der Waals surface area contributed by atoms with Crippen molar-refractivity contribution in [2.75, 3.05) is 38.2 Å². The molecular weight excluding hydrogens is 436 g/mol. The summed E-state index contributed by atoms with van der Waals surface area (Å²) in [6.07, 6.45) is 3.31. The van der Waals surface area contributed by atoms with E-state index in [1.165, 1.54) is 28.6 Å². The fraction of sp³-hybridized carbons (Fsp3) is 0.571. The van der Waals surface area contributed by atoms with Crippen LogP contribution in [0.15, 0.2) is 29.2 Å². The van der Waals surface area contributed by atoms with Gasteiger partial charge in [0.05, 0.1) is 18.1 Å².